The summed E-state index contributed by atoms with van der Waals surface area (Å²) in [5, 5.41) is 3.41. The van der Waals surface area contributed by atoms with Crippen LogP contribution in [-0.2, 0) is 0 Å². The highest BCUT2D eigenvalue weighted by atomic mass is 16.5. The van der Waals surface area contributed by atoms with E-state index >= 15 is 0 Å². The molecule has 110 valence electrons. The third-order valence-electron chi connectivity index (χ3n) is 3.84. The van der Waals surface area contributed by atoms with Crippen LogP contribution in [0.3, 0.4) is 0 Å². The second-order valence-corrected chi connectivity index (χ2v) is 5.24. The fourth-order valence-corrected chi connectivity index (χ4v) is 2.72. The molecule has 2 atom stereocenters. The summed E-state index contributed by atoms with van der Waals surface area (Å²) in [6, 6.07) is 14.1. The van der Waals surface area contributed by atoms with Gasteiger partial charge in [0, 0.05) is 18.5 Å². The van der Waals surface area contributed by atoms with E-state index in [1.165, 1.54) is 5.56 Å². The van der Waals surface area contributed by atoms with Crippen molar-refractivity contribution in [1.82, 2.24) is 10.3 Å². The lowest BCUT2D eigenvalue weighted by Crippen LogP contribution is -2.21. The van der Waals surface area contributed by atoms with Crippen molar-refractivity contribution in [3.63, 3.8) is 0 Å². The molecule has 0 saturated carbocycles. The number of nitrogens with one attached hydrogen (secondary N) is 1. The van der Waals surface area contributed by atoms with E-state index in [0.717, 1.165) is 25.3 Å². The van der Waals surface area contributed by atoms with Crippen molar-refractivity contribution in [3.05, 3.63) is 54.2 Å². The lowest BCUT2D eigenvalue weighted by Gasteiger charge is -2.24. The monoisotopic (exact) mass is 284 g/mol. The van der Waals surface area contributed by atoms with Crippen LogP contribution in [-0.4, -0.2) is 25.2 Å². The minimum Gasteiger partial charge on any atom is -0.484 e. The Morgan fingerprint density at radius 3 is 2.67 bits per heavy atom. The second-order valence-electron chi connectivity index (χ2n) is 5.24. The van der Waals surface area contributed by atoms with Crippen molar-refractivity contribution < 1.29 is 9.47 Å². The molecule has 1 unspecified atom stereocenters. The molecule has 4 heteroatoms. The van der Waals surface area contributed by atoms with Gasteiger partial charge in [-0.2, -0.15) is 0 Å². The molecular formula is C17H20N2O2. The zero-order valence-corrected chi connectivity index (χ0v) is 12.2. The summed E-state index contributed by atoms with van der Waals surface area (Å²) in [5.41, 5.74) is 1.21. The van der Waals surface area contributed by atoms with E-state index in [-0.39, 0.29) is 6.10 Å². The number of methoxy groups -OCH3 is 1. The van der Waals surface area contributed by atoms with Gasteiger partial charge in [0.25, 0.3) is 0 Å². The van der Waals surface area contributed by atoms with Gasteiger partial charge in [-0.15, -0.1) is 0 Å². The van der Waals surface area contributed by atoms with E-state index in [1.807, 2.05) is 18.2 Å². The Kier molecular flexibility index (Phi) is 4.36. The van der Waals surface area contributed by atoms with Gasteiger partial charge in [-0.25, -0.2) is 4.98 Å². The van der Waals surface area contributed by atoms with Crippen LogP contribution in [0.25, 0.3) is 0 Å². The number of pyridine rings is 1. The molecule has 21 heavy (non-hydrogen) atoms. The molecule has 2 heterocycles. The fraction of sp³-hybridized carbons (Fsp3) is 0.353. The zero-order chi connectivity index (χ0) is 14.5. The number of nitrogens with zero attached hydrogens (tertiary/aromatic N) is 1. The standard InChI is InChI=1S/C17H20N2O2/c1-20-16-8-7-15(12-19-16)21-17(14-9-10-18-11-14)13-5-3-2-4-6-13/h2-8,12,14,17-18H,9-11H2,1H3/t14-,17?/m1/s1. The lowest BCUT2D eigenvalue weighted by atomic mass is 9.95. The van der Waals surface area contributed by atoms with Crippen molar-refractivity contribution in [2.24, 2.45) is 5.92 Å². The average Bonchev–Trinajstić information content (AvgIpc) is 3.08. The molecule has 1 aromatic heterocycles. The minimum atomic E-state index is 0.0522. The third-order valence-corrected chi connectivity index (χ3v) is 3.84. The molecule has 1 fully saturated rings. The third kappa shape index (κ3) is 3.34. The van der Waals surface area contributed by atoms with Crippen LogP contribution in [0.4, 0.5) is 0 Å². The molecule has 2 aromatic rings. The SMILES string of the molecule is COc1ccc(OC(c2ccccc2)[C@@H]2CCNC2)cn1. The quantitative estimate of drug-likeness (QED) is 0.917. The van der Waals surface area contributed by atoms with E-state index in [0.29, 0.717) is 11.8 Å². The zero-order valence-electron chi connectivity index (χ0n) is 12.2. The number of hydrogen-bond donors (Lipinski definition) is 1. The molecule has 0 spiro atoms. The highest BCUT2D eigenvalue weighted by Gasteiger charge is 2.28. The summed E-state index contributed by atoms with van der Waals surface area (Å²) < 4.78 is 11.3. The van der Waals surface area contributed by atoms with Gasteiger partial charge in [-0.05, 0) is 24.6 Å². The van der Waals surface area contributed by atoms with Crippen molar-refractivity contribution >= 4 is 0 Å². The van der Waals surface area contributed by atoms with Gasteiger partial charge in [0.2, 0.25) is 5.88 Å². The molecule has 1 aromatic carbocycles. The molecule has 1 aliphatic heterocycles. The molecule has 3 rings (SSSR count). The molecule has 1 N–H and O–H groups in total. The Morgan fingerprint density at radius 1 is 1.19 bits per heavy atom. The van der Waals surface area contributed by atoms with Gasteiger partial charge >= 0.3 is 0 Å². The first kappa shape index (κ1) is 13.9. The molecule has 0 amide bonds. The van der Waals surface area contributed by atoms with Crippen molar-refractivity contribution in [1.29, 1.82) is 0 Å². The van der Waals surface area contributed by atoms with Crippen LogP contribution in [0.1, 0.15) is 18.1 Å². The Bertz CT molecular complexity index is 551. The van der Waals surface area contributed by atoms with Crippen LogP contribution < -0.4 is 14.8 Å². The summed E-state index contributed by atoms with van der Waals surface area (Å²) in [5.74, 6) is 1.85. The van der Waals surface area contributed by atoms with Crippen molar-refractivity contribution in [3.8, 4) is 11.6 Å². The average molecular weight is 284 g/mol. The van der Waals surface area contributed by atoms with Gasteiger partial charge in [0.15, 0.2) is 0 Å². The van der Waals surface area contributed by atoms with Crippen LogP contribution >= 0.6 is 0 Å². The Labute approximate surface area is 125 Å². The van der Waals surface area contributed by atoms with E-state index in [9.17, 15) is 0 Å². The Balaban J connectivity index is 1.81. The molecule has 1 aliphatic rings. The Hall–Kier alpha value is -2.07. The predicted molar refractivity (Wildman–Crippen MR) is 81.6 cm³/mol. The van der Waals surface area contributed by atoms with Gasteiger partial charge in [0.05, 0.1) is 13.3 Å². The van der Waals surface area contributed by atoms with Crippen LogP contribution in [0.15, 0.2) is 48.7 Å². The van der Waals surface area contributed by atoms with Crippen LogP contribution in [0.2, 0.25) is 0 Å². The van der Waals surface area contributed by atoms with Crippen molar-refractivity contribution in [2.75, 3.05) is 20.2 Å². The lowest BCUT2D eigenvalue weighted by molar-refractivity contribution is 0.143. The molecule has 1 saturated heterocycles. The summed E-state index contributed by atoms with van der Waals surface area (Å²) >= 11 is 0. The summed E-state index contributed by atoms with van der Waals surface area (Å²) in [6.07, 6.45) is 2.90. The second kappa shape index (κ2) is 6.59. The first-order chi connectivity index (χ1) is 10.4. The van der Waals surface area contributed by atoms with Crippen LogP contribution in [0.5, 0.6) is 11.6 Å². The largest absolute Gasteiger partial charge is 0.484 e. The van der Waals surface area contributed by atoms with Gasteiger partial charge in [0.1, 0.15) is 11.9 Å². The normalized spacial score (nSPS) is 19.2. The number of ether oxygens (including phenoxy) is 2. The van der Waals surface area contributed by atoms with Crippen LogP contribution in [0, 0.1) is 5.92 Å². The fourth-order valence-electron chi connectivity index (χ4n) is 2.72. The topological polar surface area (TPSA) is 43.4 Å². The molecular weight excluding hydrogens is 264 g/mol. The smallest absolute Gasteiger partial charge is 0.213 e. The molecule has 0 radical (unpaired) electrons. The van der Waals surface area contributed by atoms with Gasteiger partial charge in [-0.1, -0.05) is 30.3 Å². The molecule has 0 bridgehead atoms. The maximum absolute atomic E-state index is 6.23. The van der Waals surface area contributed by atoms with Gasteiger partial charge in [-0.3, -0.25) is 0 Å². The number of rotatable bonds is 5. The van der Waals surface area contributed by atoms with E-state index in [2.05, 4.69) is 34.6 Å². The van der Waals surface area contributed by atoms with Gasteiger partial charge < -0.3 is 14.8 Å². The summed E-state index contributed by atoms with van der Waals surface area (Å²) in [6.45, 7) is 2.04. The molecule has 0 aliphatic carbocycles. The highest BCUT2D eigenvalue weighted by molar-refractivity contribution is 5.26. The first-order valence-corrected chi connectivity index (χ1v) is 7.29. The number of hydrogen-bond acceptors (Lipinski definition) is 4. The highest BCUT2D eigenvalue weighted by Crippen LogP contribution is 2.32. The maximum atomic E-state index is 6.23. The van der Waals surface area contributed by atoms with Crippen molar-refractivity contribution in [2.45, 2.75) is 12.5 Å². The number of benzene rings is 1. The van der Waals surface area contributed by atoms with E-state index < -0.39 is 0 Å². The van der Waals surface area contributed by atoms with E-state index in [1.54, 1.807) is 13.3 Å². The summed E-state index contributed by atoms with van der Waals surface area (Å²) in [7, 11) is 1.61. The predicted octanol–water partition coefficient (Wildman–Crippen LogP) is 2.82. The minimum absolute atomic E-state index is 0.0522. The Morgan fingerprint density at radius 2 is 2.05 bits per heavy atom. The molecule has 4 nitrogen and oxygen atoms in total. The number of aromatic nitrogens is 1. The maximum Gasteiger partial charge on any atom is 0.213 e. The van der Waals surface area contributed by atoms with E-state index in [4.69, 9.17) is 9.47 Å². The first-order valence-electron chi connectivity index (χ1n) is 7.29. The summed E-state index contributed by atoms with van der Waals surface area (Å²) in [4.78, 5) is 4.21.